The molecule has 0 radical (unpaired) electrons. The van der Waals surface area contributed by atoms with Crippen molar-refractivity contribution >= 4 is 10.9 Å². The Bertz CT molecular complexity index is 1100. The van der Waals surface area contributed by atoms with E-state index in [2.05, 4.69) is 9.88 Å². The molecule has 0 atom stereocenters. The first-order valence-electron chi connectivity index (χ1n) is 9.73. The fourth-order valence-electron chi connectivity index (χ4n) is 4.00. The Kier molecular flexibility index (Phi) is 5.41. The lowest BCUT2D eigenvalue weighted by Crippen LogP contribution is -2.36. The van der Waals surface area contributed by atoms with E-state index in [0.29, 0.717) is 35.7 Å². The molecule has 2 aromatic carbocycles. The Labute approximate surface area is 166 Å². The first kappa shape index (κ1) is 19.6. The van der Waals surface area contributed by atoms with Gasteiger partial charge in [-0.05, 0) is 68.6 Å². The third kappa shape index (κ3) is 4.19. The van der Waals surface area contributed by atoms with Crippen molar-refractivity contribution in [2.45, 2.75) is 32.9 Å². The first-order valence-corrected chi connectivity index (χ1v) is 9.73. The molecule has 0 saturated carbocycles. The molecule has 1 fully saturated rings. The topological polar surface area (TPSA) is 38.1 Å². The van der Waals surface area contributed by atoms with Gasteiger partial charge in [0.05, 0.1) is 10.9 Å². The van der Waals surface area contributed by atoms with E-state index in [4.69, 9.17) is 0 Å². The van der Waals surface area contributed by atoms with Crippen molar-refractivity contribution in [3.63, 3.8) is 0 Å². The molecule has 29 heavy (non-hydrogen) atoms. The third-order valence-corrected chi connectivity index (χ3v) is 5.65. The first-order chi connectivity index (χ1) is 13.9. The van der Waals surface area contributed by atoms with Crippen LogP contribution in [0, 0.1) is 30.3 Å². The molecule has 3 aromatic rings. The van der Waals surface area contributed by atoms with Crippen molar-refractivity contribution in [3.05, 3.63) is 75.6 Å². The lowest BCUT2D eigenvalue weighted by Gasteiger charge is -2.32. The summed E-state index contributed by atoms with van der Waals surface area (Å²) in [7, 11) is 0. The number of likely N-dealkylation sites (tertiary alicyclic amines) is 1. The van der Waals surface area contributed by atoms with Crippen LogP contribution in [-0.2, 0) is 13.1 Å². The van der Waals surface area contributed by atoms with Gasteiger partial charge in [-0.15, -0.1) is 0 Å². The molecule has 0 unspecified atom stereocenters. The summed E-state index contributed by atoms with van der Waals surface area (Å²) in [4.78, 5) is 19.4. The van der Waals surface area contributed by atoms with Crippen LogP contribution in [0.1, 0.15) is 24.2 Å². The highest BCUT2D eigenvalue weighted by atomic mass is 19.2. The predicted octanol–water partition coefficient (Wildman–Crippen LogP) is 4.03. The van der Waals surface area contributed by atoms with Crippen molar-refractivity contribution in [3.8, 4) is 0 Å². The zero-order chi connectivity index (χ0) is 20.5. The van der Waals surface area contributed by atoms with Gasteiger partial charge >= 0.3 is 0 Å². The van der Waals surface area contributed by atoms with E-state index < -0.39 is 17.5 Å². The number of aromatic nitrogens is 2. The second-order valence-corrected chi connectivity index (χ2v) is 7.70. The Hall–Kier alpha value is -2.67. The molecule has 1 aliphatic rings. The van der Waals surface area contributed by atoms with Gasteiger partial charge in [0.15, 0.2) is 11.6 Å². The van der Waals surface area contributed by atoms with Gasteiger partial charge in [-0.25, -0.2) is 18.2 Å². The predicted molar refractivity (Wildman–Crippen MR) is 105 cm³/mol. The molecule has 2 heterocycles. The van der Waals surface area contributed by atoms with Crippen LogP contribution in [0.25, 0.3) is 10.9 Å². The van der Waals surface area contributed by atoms with Crippen molar-refractivity contribution in [1.82, 2.24) is 14.5 Å². The highest BCUT2D eigenvalue weighted by Crippen LogP contribution is 2.22. The van der Waals surface area contributed by atoms with Gasteiger partial charge in [0.2, 0.25) is 0 Å². The van der Waals surface area contributed by atoms with Crippen LogP contribution in [0.4, 0.5) is 13.2 Å². The molecule has 4 rings (SSSR count). The van der Waals surface area contributed by atoms with E-state index in [-0.39, 0.29) is 5.56 Å². The van der Waals surface area contributed by atoms with Crippen LogP contribution >= 0.6 is 0 Å². The molecule has 7 heteroatoms. The molecule has 0 aliphatic carbocycles. The van der Waals surface area contributed by atoms with Gasteiger partial charge in [0, 0.05) is 19.2 Å². The van der Waals surface area contributed by atoms with Crippen molar-refractivity contribution in [2.75, 3.05) is 13.1 Å². The Balaban J connectivity index is 1.42. The second kappa shape index (κ2) is 7.99. The van der Waals surface area contributed by atoms with Gasteiger partial charge in [-0.1, -0.05) is 6.07 Å². The molecule has 0 bridgehead atoms. The molecular weight excluding hydrogens is 379 g/mol. The minimum atomic E-state index is -0.833. The average Bonchev–Trinajstić information content (AvgIpc) is 2.69. The van der Waals surface area contributed by atoms with E-state index in [1.807, 2.05) is 0 Å². The Morgan fingerprint density at radius 1 is 1.03 bits per heavy atom. The Morgan fingerprint density at radius 3 is 2.52 bits per heavy atom. The molecule has 4 nitrogen and oxygen atoms in total. The van der Waals surface area contributed by atoms with Gasteiger partial charge in [-0.3, -0.25) is 14.3 Å². The van der Waals surface area contributed by atoms with Crippen LogP contribution in [0.15, 0.2) is 41.2 Å². The minimum absolute atomic E-state index is 0.142. The molecular formula is C22H22F3N3O. The number of rotatable bonds is 4. The smallest absolute Gasteiger partial charge is 0.261 e. The maximum Gasteiger partial charge on any atom is 0.261 e. The van der Waals surface area contributed by atoms with E-state index in [1.54, 1.807) is 17.6 Å². The van der Waals surface area contributed by atoms with Gasteiger partial charge in [0.1, 0.15) is 11.6 Å². The minimum Gasteiger partial charge on any atom is -0.299 e. The zero-order valence-corrected chi connectivity index (χ0v) is 16.2. The number of piperidine rings is 1. The molecule has 0 N–H and O–H groups in total. The molecule has 1 aliphatic heterocycles. The fraction of sp³-hybridized carbons (Fsp3) is 0.364. The van der Waals surface area contributed by atoms with Crippen LogP contribution in [-0.4, -0.2) is 27.5 Å². The standard InChI is InChI=1S/C22H22F3N3O/c1-14-26-21-11-17(23)3-4-18(21)22(29)28(14)13-15-6-8-27(9-7-15)12-16-2-5-19(24)20(25)10-16/h2-5,10-11,15H,6-9,12-13H2,1H3. The summed E-state index contributed by atoms with van der Waals surface area (Å²) in [6, 6.07) is 8.06. The Morgan fingerprint density at radius 2 is 1.79 bits per heavy atom. The van der Waals surface area contributed by atoms with Crippen LogP contribution in [0.3, 0.4) is 0 Å². The summed E-state index contributed by atoms with van der Waals surface area (Å²) >= 11 is 0. The number of halogens is 3. The maximum atomic E-state index is 13.4. The van der Waals surface area contributed by atoms with Gasteiger partial charge < -0.3 is 0 Å². The van der Waals surface area contributed by atoms with E-state index in [1.165, 1.54) is 24.3 Å². The highest BCUT2D eigenvalue weighted by molar-refractivity contribution is 5.77. The van der Waals surface area contributed by atoms with Crippen molar-refractivity contribution in [1.29, 1.82) is 0 Å². The molecule has 1 saturated heterocycles. The van der Waals surface area contributed by atoms with E-state index in [9.17, 15) is 18.0 Å². The quantitative estimate of drug-likeness (QED) is 0.663. The SMILES string of the molecule is Cc1nc2cc(F)ccc2c(=O)n1CC1CCN(Cc2ccc(F)c(F)c2)CC1. The van der Waals surface area contributed by atoms with Crippen LogP contribution in [0.2, 0.25) is 0 Å². The number of hydrogen-bond acceptors (Lipinski definition) is 3. The van der Waals surface area contributed by atoms with Crippen LogP contribution in [0.5, 0.6) is 0 Å². The van der Waals surface area contributed by atoms with E-state index in [0.717, 1.165) is 37.6 Å². The highest BCUT2D eigenvalue weighted by Gasteiger charge is 2.21. The number of nitrogens with zero attached hydrogens (tertiary/aromatic N) is 3. The average molecular weight is 401 g/mol. The molecule has 1 aromatic heterocycles. The number of hydrogen-bond donors (Lipinski definition) is 0. The van der Waals surface area contributed by atoms with Crippen molar-refractivity contribution < 1.29 is 13.2 Å². The van der Waals surface area contributed by atoms with Gasteiger partial charge in [-0.2, -0.15) is 0 Å². The summed E-state index contributed by atoms with van der Waals surface area (Å²) < 4.78 is 41.6. The largest absolute Gasteiger partial charge is 0.299 e. The van der Waals surface area contributed by atoms with Gasteiger partial charge in [0.25, 0.3) is 5.56 Å². The number of fused-ring (bicyclic) bond motifs is 1. The summed E-state index contributed by atoms with van der Waals surface area (Å²) in [5.41, 5.74) is 0.988. The number of benzene rings is 2. The maximum absolute atomic E-state index is 13.4. The lowest BCUT2D eigenvalue weighted by molar-refractivity contribution is 0.165. The third-order valence-electron chi connectivity index (χ3n) is 5.65. The van der Waals surface area contributed by atoms with Crippen LogP contribution < -0.4 is 5.56 Å². The molecule has 152 valence electrons. The second-order valence-electron chi connectivity index (χ2n) is 7.70. The summed E-state index contributed by atoms with van der Waals surface area (Å²) in [5.74, 6) is -1.16. The summed E-state index contributed by atoms with van der Waals surface area (Å²) in [6.45, 7) is 4.56. The number of aryl methyl sites for hydroxylation is 1. The normalized spacial score (nSPS) is 15.9. The molecule has 0 amide bonds. The molecule has 0 spiro atoms. The monoisotopic (exact) mass is 401 g/mol. The zero-order valence-electron chi connectivity index (χ0n) is 16.2. The van der Waals surface area contributed by atoms with E-state index >= 15 is 0 Å². The van der Waals surface area contributed by atoms with Crippen molar-refractivity contribution in [2.24, 2.45) is 5.92 Å². The summed E-state index contributed by atoms with van der Waals surface area (Å²) in [5, 5.41) is 0.424. The lowest BCUT2D eigenvalue weighted by atomic mass is 9.96. The fourth-order valence-corrected chi connectivity index (χ4v) is 4.00. The summed E-state index contributed by atoms with van der Waals surface area (Å²) in [6.07, 6.45) is 1.80.